The molecular weight excluding hydrogens is 812 g/mol. The number of nitrogens with one attached hydrogen (secondary N) is 1. The van der Waals surface area contributed by atoms with Crippen LogP contribution in [0.2, 0.25) is 0 Å². The van der Waals surface area contributed by atoms with Gasteiger partial charge in [-0.05, 0) is 32.9 Å². The number of aromatic nitrogens is 2. The number of oxime groups is 1. The largest absolute Gasteiger partial charge is 0.512 e. The zero-order chi connectivity index (χ0) is 42.2. The number of hydrogen-bond acceptors (Lipinski definition) is 16. The maximum atomic E-state index is 15.4. The summed E-state index contributed by atoms with van der Waals surface area (Å²) in [7, 11) is 0. The number of aryl methyl sites for hydroxylation is 1. The summed E-state index contributed by atoms with van der Waals surface area (Å²) in [4.78, 5) is 101. The number of nitrogens with zero attached hydrogens (tertiary/aromatic N) is 6. The van der Waals surface area contributed by atoms with Crippen LogP contribution in [0.3, 0.4) is 0 Å². The number of nitrogen functional groups attached to an aromatic ring is 1. The number of carbonyl (C=O) groups excluding carboxylic acids is 3. The van der Waals surface area contributed by atoms with Crippen LogP contribution in [0, 0.1) is 5.82 Å². The third-order valence-corrected chi connectivity index (χ3v) is 11.3. The highest BCUT2D eigenvalue weighted by atomic mass is 32.2. The first kappa shape index (κ1) is 41.2. The van der Waals surface area contributed by atoms with Gasteiger partial charge in [-0.1, -0.05) is 5.16 Å². The second-order valence-electron chi connectivity index (χ2n) is 13.4. The summed E-state index contributed by atoms with van der Waals surface area (Å²) in [5.41, 5.74) is 2.70. The summed E-state index contributed by atoms with van der Waals surface area (Å²) in [6.07, 6.45) is -1.33. The van der Waals surface area contributed by atoms with Crippen molar-refractivity contribution in [3.8, 4) is 0 Å². The molecule has 24 heteroatoms. The van der Waals surface area contributed by atoms with Crippen LogP contribution in [0.25, 0.3) is 10.9 Å². The lowest BCUT2D eigenvalue weighted by atomic mass is 10.1. The fourth-order valence-electron chi connectivity index (χ4n) is 6.14. The number of amides is 3. The van der Waals surface area contributed by atoms with E-state index in [2.05, 4.69) is 15.5 Å². The fraction of sp³-hybridized carbons (Fsp3) is 0.382. The minimum Gasteiger partial charge on any atom is -0.478 e. The smallest absolute Gasteiger partial charge is 0.478 e. The zero-order valence-electron chi connectivity index (χ0n) is 30.8. The van der Waals surface area contributed by atoms with Gasteiger partial charge in [0.25, 0.3) is 11.8 Å². The van der Waals surface area contributed by atoms with Crippen molar-refractivity contribution < 1.29 is 62.8 Å². The van der Waals surface area contributed by atoms with Gasteiger partial charge in [0.2, 0.25) is 16.9 Å². The van der Waals surface area contributed by atoms with E-state index in [0.29, 0.717) is 12.1 Å². The molecule has 2 atom stereocenters. The van der Waals surface area contributed by atoms with Gasteiger partial charge in [-0.3, -0.25) is 19.3 Å². The Morgan fingerprint density at radius 2 is 1.81 bits per heavy atom. The van der Waals surface area contributed by atoms with Crippen LogP contribution >= 0.6 is 23.1 Å². The van der Waals surface area contributed by atoms with E-state index in [0.717, 1.165) is 34.1 Å². The Morgan fingerprint density at radius 3 is 2.41 bits per heavy atom. The number of thioether (sulfide) groups is 1. The van der Waals surface area contributed by atoms with E-state index in [1.54, 1.807) is 16.4 Å². The lowest BCUT2D eigenvalue weighted by Crippen LogP contribution is -2.70. The number of aliphatic carboxylic acids is 1. The third-order valence-electron chi connectivity index (χ3n) is 9.29. The number of piperazine rings is 1. The van der Waals surface area contributed by atoms with E-state index in [1.165, 1.54) is 36.4 Å². The van der Waals surface area contributed by atoms with Crippen LogP contribution in [0.1, 0.15) is 36.8 Å². The second kappa shape index (κ2) is 16.2. The highest BCUT2D eigenvalue weighted by molar-refractivity contribution is 8.00. The molecule has 1 aromatic carbocycles. The predicted octanol–water partition coefficient (Wildman–Crippen LogP) is 1.75. The molecule has 0 unspecified atom stereocenters. The molecule has 0 bridgehead atoms. The van der Waals surface area contributed by atoms with Gasteiger partial charge in [0.15, 0.2) is 10.8 Å². The lowest BCUT2D eigenvalue weighted by Gasteiger charge is -2.49. The highest BCUT2D eigenvalue weighted by Crippen LogP contribution is 2.41. The summed E-state index contributed by atoms with van der Waals surface area (Å²) in [6, 6.07) is 1.25. The van der Waals surface area contributed by atoms with E-state index < -0.39 is 88.0 Å². The van der Waals surface area contributed by atoms with E-state index in [9.17, 15) is 48.9 Å². The Labute approximate surface area is 334 Å². The van der Waals surface area contributed by atoms with Crippen LogP contribution in [-0.4, -0.2) is 132 Å². The summed E-state index contributed by atoms with van der Waals surface area (Å²) in [5.74, 6) is -5.66. The molecule has 2 aromatic heterocycles. The number of aromatic carboxylic acids is 1. The quantitative estimate of drug-likeness (QED) is 0.0751. The van der Waals surface area contributed by atoms with Crippen molar-refractivity contribution in [1.82, 2.24) is 24.7 Å². The Morgan fingerprint density at radius 1 is 1.10 bits per heavy atom. The van der Waals surface area contributed by atoms with Crippen LogP contribution in [0.5, 0.6) is 0 Å². The number of fused-ring (bicyclic) bond motifs is 2. The Bertz CT molecular complexity index is 2350. The number of thiazole rings is 1. The first-order chi connectivity index (χ1) is 27.4. The number of carboxylic acid groups (broad SMARTS) is 3. The summed E-state index contributed by atoms with van der Waals surface area (Å²) >= 11 is 2.08. The molecule has 6 N–H and O–H groups in total. The fourth-order valence-corrected chi connectivity index (χ4v) is 8.00. The molecular formula is C34H35FN8O13S2. The third kappa shape index (κ3) is 8.04. The van der Waals surface area contributed by atoms with Crippen molar-refractivity contribution in [3.05, 3.63) is 62.5 Å². The number of halogens is 1. The number of nitrogens with two attached hydrogens (primary N) is 1. The number of anilines is 2. The van der Waals surface area contributed by atoms with Crippen LogP contribution < -0.4 is 21.4 Å². The SMILES string of the molecule is CCn1cc(C(=O)O)c(=O)c2cc(F)c(N3CCN(C(=O)OCC4=C(OC(=O)O)N5C(=O)[C@@H](NC(=O)/C(=N\OC(C)(C)C(=O)O)c6csc(N)n6)[C@H]5SC4)CC3)cc21. The van der Waals surface area contributed by atoms with Crippen LogP contribution in [0.15, 0.2) is 45.1 Å². The molecule has 3 aliphatic rings. The highest BCUT2D eigenvalue weighted by Gasteiger charge is 2.54. The van der Waals surface area contributed by atoms with Gasteiger partial charge < -0.3 is 55.0 Å². The van der Waals surface area contributed by atoms with E-state index in [4.69, 9.17) is 20.0 Å². The molecule has 3 amide bonds. The molecule has 0 aliphatic carbocycles. The molecule has 5 heterocycles. The minimum atomic E-state index is -1.84. The average Bonchev–Trinajstić information content (AvgIpc) is 3.61. The number of ether oxygens (including phenoxy) is 2. The second-order valence-corrected chi connectivity index (χ2v) is 15.4. The first-order valence-electron chi connectivity index (χ1n) is 17.3. The normalized spacial score (nSPS) is 18.4. The van der Waals surface area contributed by atoms with Gasteiger partial charge in [0, 0.05) is 61.0 Å². The standard InChI is InChI=1S/C34H35FN8O13S2/c1-4-40-11-17(29(47)48)24(44)16-9-18(35)21(10-20(16)40)41-5-7-42(8-6-41)32(51)54-12-15-13-57-28-23(26(46)43(28)27(15)55-33(52)53)38-25(45)22(19-14-58-31(36)37-19)39-56-34(2,3)30(49)50/h9-11,14,23,28H,4-8,12-13H2,1-3H3,(H2,36,37)(H,38,45)(H,47,48)(H,49,50)(H,52,53)/b39-22-/t23-,28-/m1/s1. The monoisotopic (exact) mass is 846 g/mol. The molecule has 21 nitrogen and oxygen atoms in total. The van der Waals surface area contributed by atoms with Crippen molar-refractivity contribution in [2.45, 2.75) is 44.3 Å². The minimum absolute atomic E-state index is 0.0159. The van der Waals surface area contributed by atoms with Crippen LogP contribution in [-0.2, 0) is 35.2 Å². The number of β-lactam (4-membered cyclic amide) rings is 1. The van der Waals surface area contributed by atoms with Crippen molar-refractivity contribution >= 4 is 86.5 Å². The molecule has 308 valence electrons. The number of carboxylic acids is 2. The van der Waals surface area contributed by atoms with Gasteiger partial charge in [0.05, 0.1) is 11.2 Å². The molecule has 0 spiro atoms. The van der Waals surface area contributed by atoms with Crippen LogP contribution in [0.4, 0.5) is 24.8 Å². The molecule has 2 fully saturated rings. The zero-order valence-corrected chi connectivity index (χ0v) is 32.4. The van der Waals surface area contributed by atoms with E-state index in [-0.39, 0.29) is 59.4 Å². The summed E-state index contributed by atoms with van der Waals surface area (Å²) in [6.45, 7) is 4.50. The van der Waals surface area contributed by atoms with Crippen molar-refractivity contribution in [2.75, 3.05) is 49.2 Å². The van der Waals surface area contributed by atoms with Gasteiger partial charge in [-0.2, -0.15) is 0 Å². The maximum Gasteiger partial charge on any atom is 0.512 e. The number of rotatable bonds is 12. The summed E-state index contributed by atoms with van der Waals surface area (Å²) < 4.78 is 27.3. The number of pyridine rings is 1. The molecule has 2 saturated heterocycles. The maximum absolute atomic E-state index is 15.4. The first-order valence-corrected chi connectivity index (χ1v) is 19.2. The Hall–Kier alpha value is -6.43. The van der Waals surface area contributed by atoms with Crippen molar-refractivity contribution in [1.29, 1.82) is 0 Å². The Balaban J connectivity index is 1.11. The number of carbonyl (C=O) groups is 6. The van der Waals surface area contributed by atoms with Gasteiger partial charge in [-0.25, -0.2) is 28.6 Å². The lowest BCUT2D eigenvalue weighted by molar-refractivity contribution is -0.161. The number of benzene rings is 1. The number of hydrogen-bond donors (Lipinski definition) is 5. The molecule has 6 rings (SSSR count). The summed E-state index contributed by atoms with van der Waals surface area (Å²) in [5, 5.41) is 35.0. The van der Waals surface area contributed by atoms with E-state index >= 15 is 4.39 Å². The van der Waals surface area contributed by atoms with Crippen molar-refractivity contribution in [3.63, 3.8) is 0 Å². The molecule has 0 radical (unpaired) electrons. The van der Waals surface area contributed by atoms with Gasteiger partial charge in [0.1, 0.15) is 35.1 Å². The molecule has 0 saturated carbocycles. The molecule has 3 aliphatic heterocycles. The predicted molar refractivity (Wildman–Crippen MR) is 203 cm³/mol. The van der Waals surface area contributed by atoms with Crippen molar-refractivity contribution in [2.24, 2.45) is 5.16 Å². The van der Waals surface area contributed by atoms with E-state index in [1.807, 2.05) is 0 Å². The average molecular weight is 847 g/mol. The Kier molecular flexibility index (Phi) is 11.5. The topological polar surface area (TPSA) is 286 Å². The van der Waals surface area contributed by atoms with Gasteiger partial charge >= 0.3 is 24.2 Å². The van der Waals surface area contributed by atoms with Gasteiger partial charge in [-0.15, -0.1) is 23.1 Å². The molecule has 58 heavy (non-hydrogen) atoms. The molecule has 3 aromatic rings.